The van der Waals surface area contributed by atoms with E-state index in [2.05, 4.69) is 12.2 Å². The predicted molar refractivity (Wildman–Crippen MR) is 81.2 cm³/mol. The number of rotatable bonds is 5. The van der Waals surface area contributed by atoms with Crippen LogP contribution in [-0.4, -0.2) is 40.6 Å². The lowest BCUT2D eigenvalue weighted by molar-refractivity contribution is -0.139. The topological polar surface area (TPSA) is 69.6 Å². The van der Waals surface area contributed by atoms with Gasteiger partial charge in [-0.1, -0.05) is 13.3 Å². The summed E-state index contributed by atoms with van der Waals surface area (Å²) in [4.78, 5) is 25.2. The maximum Gasteiger partial charge on any atom is 0.317 e. The summed E-state index contributed by atoms with van der Waals surface area (Å²) in [5.74, 6) is -0.0243. The lowest BCUT2D eigenvalue weighted by Gasteiger charge is -2.43. The first kappa shape index (κ1) is 16.1. The van der Waals surface area contributed by atoms with E-state index in [4.69, 9.17) is 5.11 Å². The number of nitrogens with one attached hydrogen (secondary N) is 1. The monoisotopic (exact) mass is 296 g/mol. The second kappa shape index (κ2) is 6.67. The van der Waals surface area contributed by atoms with Crippen molar-refractivity contribution in [3.63, 3.8) is 0 Å². The minimum atomic E-state index is -0.832. The Morgan fingerprint density at radius 3 is 2.29 bits per heavy atom. The van der Waals surface area contributed by atoms with Crippen LogP contribution in [0.15, 0.2) is 0 Å². The van der Waals surface area contributed by atoms with E-state index in [1.807, 2.05) is 7.05 Å². The predicted octanol–water partition coefficient (Wildman–Crippen LogP) is 2.99. The molecule has 0 atom stereocenters. The Morgan fingerprint density at radius 2 is 1.86 bits per heavy atom. The van der Waals surface area contributed by atoms with Crippen LogP contribution in [-0.2, 0) is 4.79 Å². The summed E-state index contributed by atoms with van der Waals surface area (Å²) in [5, 5.41) is 12.0. The number of carboxylic acids is 1. The van der Waals surface area contributed by atoms with Gasteiger partial charge in [-0.3, -0.25) is 4.79 Å². The lowest BCUT2D eigenvalue weighted by atomic mass is 9.74. The molecule has 2 N–H and O–H groups in total. The Balaban J connectivity index is 1.86. The van der Waals surface area contributed by atoms with Crippen LogP contribution >= 0.6 is 0 Å². The maximum absolute atomic E-state index is 12.4. The number of nitrogens with zero attached hydrogens (tertiary/aromatic N) is 1. The minimum absolute atomic E-state index is 0.0369. The Kier molecular flexibility index (Phi) is 5.12. The van der Waals surface area contributed by atoms with E-state index in [1.54, 1.807) is 4.90 Å². The quantitative estimate of drug-likeness (QED) is 0.819. The fourth-order valence-corrected chi connectivity index (χ4v) is 3.66. The summed E-state index contributed by atoms with van der Waals surface area (Å²) in [7, 11) is 1.85. The summed E-state index contributed by atoms with van der Waals surface area (Å²) in [5.41, 5.74) is -0.502. The van der Waals surface area contributed by atoms with Crippen molar-refractivity contribution in [3.05, 3.63) is 0 Å². The summed E-state index contributed by atoms with van der Waals surface area (Å²) in [6.07, 6.45) is 8.34. The van der Waals surface area contributed by atoms with Gasteiger partial charge in [-0.25, -0.2) is 4.79 Å². The van der Waals surface area contributed by atoms with Crippen LogP contribution in [0.1, 0.15) is 64.7 Å². The molecular weight excluding hydrogens is 268 g/mol. The minimum Gasteiger partial charge on any atom is -0.481 e. The highest BCUT2D eigenvalue weighted by Gasteiger charge is 2.41. The first-order chi connectivity index (χ1) is 9.96. The lowest BCUT2D eigenvalue weighted by Crippen LogP contribution is -2.58. The van der Waals surface area contributed by atoms with Crippen LogP contribution in [0, 0.1) is 5.92 Å². The highest BCUT2D eigenvalue weighted by Crippen LogP contribution is 2.35. The number of aliphatic carboxylic acids is 1. The van der Waals surface area contributed by atoms with Crippen molar-refractivity contribution in [1.82, 2.24) is 10.2 Å². The van der Waals surface area contributed by atoms with Crippen molar-refractivity contribution >= 4 is 12.0 Å². The molecule has 2 amide bonds. The van der Waals surface area contributed by atoms with E-state index in [1.165, 1.54) is 19.3 Å². The second-order valence-electron chi connectivity index (χ2n) is 6.83. The summed E-state index contributed by atoms with van der Waals surface area (Å²) in [6.45, 7) is 2.23. The number of carbonyl (C=O) groups excluding carboxylic acids is 1. The summed E-state index contributed by atoms with van der Waals surface area (Å²) in [6, 6.07) is 0.200. The molecule has 5 nitrogen and oxygen atoms in total. The molecule has 0 heterocycles. The Hall–Kier alpha value is -1.26. The van der Waals surface area contributed by atoms with Gasteiger partial charge in [0.2, 0.25) is 0 Å². The van der Waals surface area contributed by atoms with Gasteiger partial charge in [0.15, 0.2) is 0 Å². The normalized spacial score (nSPS) is 27.5. The standard InChI is InChI=1S/C16H28N2O3/c1-3-12-5-7-13(8-6-12)18(2)15(21)17-16(9-4-10-16)11-14(19)20/h12-13H,3-11H2,1-2H3,(H,17,21)(H,19,20). The van der Waals surface area contributed by atoms with E-state index in [0.717, 1.165) is 38.0 Å². The Morgan fingerprint density at radius 1 is 1.24 bits per heavy atom. The highest BCUT2D eigenvalue weighted by atomic mass is 16.4. The first-order valence-electron chi connectivity index (χ1n) is 8.22. The molecule has 2 aliphatic rings. The second-order valence-corrected chi connectivity index (χ2v) is 6.83. The van der Waals surface area contributed by atoms with Crippen molar-refractivity contribution in [3.8, 4) is 0 Å². The van der Waals surface area contributed by atoms with E-state index in [9.17, 15) is 9.59 Å². The van der Waals surface area contributed by atoms with Gasteiger partial charge in [-0.15, -0.1) is 0 Å². The van der Waals surface area contributed by atoms with Gasteiger partial charge < -0.3 is 15.3 Å². The molecule has 0 radical (unpaired) electrons. The van der Waals surface area contributed by atoms with Crippen molar-refractivity contribution in [1.29, 1.82) is 0 Å². The number of hydrogen-bond acceptors (Lipinski definition) is 2. The van der Waals surface area contributed by atoms with Gasteiger partial charge in [-0.2, -0.15) is 0 Å². The van der Waals surface area contributed by atoms with Gasteiger partial charge in [0, 0.05) is 13.1 Å². The van der Waals surface area contributed by atoms with E-state index >= 15 is 0 Å². The third-order valence-corrected chi connectivity index (χ3v) is 5.43. The van der Waals surface area contributed by atoms with Crippen LogP contribution in [0.4, 0.5) is 4.79 Å². The Labute approximate surface area is 127 Å². The smallest absolute Gasteiger partial charge is 0.317 e. The molecule has 0 bridgehead atoms. The summed E-state index contributed by atoms with van der Waals surface area (Å²) < 4.78 is 0. The molecule has 2 rings (SSSR count). The molecule has 0 saturated heterocycles. The van der Waals surface area contributed by atoms with E-state index < -0.39 is 11.5 Å². The van der Waals surface area contributed by atoms with E-state index in [-0.39, 0.29) is 12.5 Å². The molecule has 2 fully saturated rings. The molecule has 5 heteroatoms. The van der Waals surface area contributed by atoms with Gasteiger partial charge in [0.1, 0.15) is 0 Å². The molecule has 120 valence electrons. The average molecular weight is 296 g/mol. The van der Waals surface area contributed by atoms with Crippen molar-refractivity contribution < 1.29 is 14.7 Å². The van der Waals surface area contributed by atoms with Crippen LogP contribution < -0.4 is 5.32 Å². The first-order valence-corrected chi connectivity index (χ1v) is 8.22. The Bertz CT molecular complexity index is 385. The van der Waals surface area contributed by atoms with Gasteiger partial charge in [0.05, 0.1) is 12.0 Å². The zero-order valence-electron chi connectivity index (χ0n) is 13.2. The summed E-state index contributed by atoms with van der Waals surface area (Å²) >= 11 is 0. The zero-order chi connectivity index (χ0) is 15.5. The molecule has 0 aromatic rings. The number of amides is 2. The molecular formula is C16H28N2O3. The molecule has 2 saturated carbocycles. The molecule has 0 aromatic heterocycles. The SMILES string of the molecule is CCC1CCC(N(C)C(=O)NC2(CC(=O)O)CCC2)CC1. The molecule has 2 aliphatic carbocycles. The van der Waals surface area contributed by atoms with Crippen LogP contribution in [0.3, 0.4) is 0 Å². The maximum atomic E-state index is 12.4. The number of hydrogen-bond donors (Lipinski definition) is 2. The largest absolute Gasteiger partial charge is 0.481 e. The number of urea groups is 1. The van der Waals surface area contributed by atoms with Crippen LogP contribution in [0.25, 0.3) is 0 Å². The fraction of sp³-hybridized carbons (Fsp3) is 0.875. The third-order valence-electron chi connectivity index (χ3n) is 5.43. The van der Waals surface area contributed by atoms with Crippen molar-refractivity contribution in [2.24, 2.45) is 5.92 Å². The van der Waals surface area contributed by atoms with Gasteiger partial charge >= 0.3 is 12.0 Å². The van der Waals surface area contributed by atoms with Crippen molar-refractivity contribution in [2.75, 3.05) is 7.05 Å². The fourth-order valence-electron chi connectivity index (χ4n) is 3.66. The van der Waals surface area contributed by atoms with Crippen LogP contribution in [0.2, 0.25) is 0 Å². The van der Waals surface area contributed by atoms with Crippen LogP contribution in [0.5, 0.6) is 0 Å². The molecule has 0 aliphatic heterocycles. The van der Waals surface area contributed by atoms with Crippen molar-refractivity contribution in [2.45, 2.75) is 76.3 Å². The molecule has 0 unspecified atom stereocenters. The van der Waals surface area contributed by atoms with Gasteiger partial charge in [0.25, 0.3) is 0 Å². The number of carbonyl (C=O) groups is 2. The molecule has 21 heavy (non-hydrogen) atoms. The molecule has 0 spiro atoms. The third kappa shape index (κ3) is 3.89. The average Bonchev–Trinajstić information content (AvgIpc) is 2.43. The highest BCUT2D eigenvalue weighted by molar-refractivity contribution is 5.77. The zero-order valence-corrected chi connectivity index (χ0v) is 13.2. The molecule has 0 aromatic carbocycles. The van der Waals surface area contributed by atoms with Gasteiger partial charge in [-0.05, 0) is 50.9 Å². The number of carboxylic acid groups (broad SMARTS) is 1. The van der Waals surface area contributed by atoms with E-state index in [0.29, 0.717) is 6.04 Å².